The summed E-state index contributed by atoms with van der Waals surface area (Å²) >= 11 is 12.1. The summed E-state index contributed by atoms with van der Waals surface area (Å²) < 4.78 is 0. The number of anilines is 2. The lowest BCUT2D eigenvalue weighted by atomic mass is 10.0. The minimum absolute atomic E-state index is 0.0755. The molecule has 3 aromatic carbocycles. The highest BCUT2D eigenvalue weighted by Crippen LogP contribution is 2.29. The first kappa shape index (κ1) is 18.3. The third kappa shape index (κ3) is 4.18. The van der Waals surface area contributed by atoms with E-state index in [4.69, 9.17) is 23.2 Å². The Bertz CT molecular complexity index is 885. The summed E-state index contributed by atoms with van der Waals surface area (Å²) in [4.78, 5) is 14.8. The minimum atomic E-state index is -0.557. The number of benzene rings is 3. The molecule has 0 bridgehead atoms. The van der Waals surface area contributed by atoms with Crippen LogP contribution < -0.4 is 10.2 Å². The average Bonchev–Trinajstić information content (AvgIpc) is 2.69. The summed E-state index contributed by atoms with van der Waals surface area (Å²) in [6, 6.07) is 23.8. The molecular weight excluding hydrogens is 367 g/mol. The highest BCUT2D eigenvalue weighted by molar-refractivity contribution is 6.42. The fourth-order valence-corrected chi connectivity index (χ4v) is 2.96. The molecule has 3 aromatic rings. The standard InChI is InChI=1S/C21H18Cl2N2O/c1-25(17-10-6-3-7-11-17)21(26)20(15-8-4-2-5-9-15)24-16-12-13-18(22)19(23)14-16/h2-14,20,24H,1H3. The van der Waals surface area contributed by atoms with Gasteiger partial charge in [0, 0.05) is 18.4 Å². The second-order valence-electron chi connectivity index (χ2n) is 5.85. The number of likely N-dealkylation sites (N-methyl/N-ethyl adjacent to an activating group) is 1. The minimum Gasteiger partial charge on any atom is -0.370 e. The Morgan fingerprint density at radius 3 is 2.12 bits per heavy atom. The van der Waals surface area contributed by atoms with Crippen molar-refractivity contribution in [2.75, 3.05) is 17.3 Å². The molecule has 0 radical (unpaired) electrons. The van der Waals surface area contributed by atoms with Gasteiger partial charge in [-0.15, -0.1) is 0 Å². The molecule has 5 heteroatoms. The first-order chi connectivity index (χ1) is 12.6. The van der Waals surface area contributed by atoms with Crippen molar-refractivity contribution >= 4 is 40.5 Å². The number of carbonyl (C=O) groups excluding carboxylic acids is 1. The van der Waals surface area contributed by atoms with Crippen LogP contribution in [0.2, 0.25) is 10.0 Å². The van der Waals surface area contributed by atoms with E-state index in [1.165, 1.54) is 0 Å². The fourth-order valence-electron chi connectivity index (χ4n) is 2.66. The zero-order valence-corrected chi connectivity index (χ0v) is 15.7. The maximum absolute atomic E-state index is 13.2. The summed E-state index contributed by atoms with van der Waals surface area (Å²) in [6.45, 7) is 0. The Morgan fingerprint density at radius 2 is 1.50 bits per heavy atom. The van der Waals surface area contributed by atoms with Crippen LogP contribution in [0.3, 0.4) is 0 Å². The number of nitrogens with zero attached hydrogens (tertiary/aromatic N) is 1. The summed E-state index contributed by atoms with van der Waals surface area (Å²) in [6.07, 6.45) is 0. The molecule has 0 saturated carbocycles. The Kier molecular flexibility index (Phi) is 5.82. The van der Waals surface area contributed by atoms with Crippen molar-refractivity contribution < 1.29 is 4.79 Å². The van der Waals surface area contributed by atoms with Gasteiger partial charge in [-0.2, -0.15) is 0 Å². The van der Waals surface area contributed by atoms with Gasteiger partial charge in [-0.1, -0.05) is 71.7 Å². The molecular formula is C21H18Cl2N2O. The van der Waals surface area contributed by atoms with Crippen LogP contribution in [0.4, 0.5) is 11.4 Å². The number of nitrogens with one attached hydrogen (secondary N) is 1. The van der Waals surface area contributed by atoms with E-state index in [-0.39, 0.29) is 5.91 Å². The van der Waals surface area contributed by atoms with Crippen molar-refractivity contribution in [3.05, 3.63) is 94.5 Å². The molecule has 3 nitrogen and oxygen atoms in total. The van der Waals surface area contributed by atoms with E-state index in [2.05, 4.69) is 5.32 Å². The van der Waals surface area contributed by atoms with Crippen molar-refractivity contribution in [3.63, 3.8) is 0 Å². The van der Waals surface area contributed by atoms with Crippen molar-refractivity contribution in [2.24, 2.45) is 0 Å². The van der Waals surface area contributed by atoms with Crippen LogP contribution >= 0.6 is 23.2 Å². The molecule has 1 atom stereocenters. The van der Waals surface area contributed by atoms with Gasteiger partial charge in [0.05, 0.1) is 10.0 Å². The van der Waals surface area contributed by atoms with Gasteiger partial charge in [0.1, 0.15) is 6.04 Å². The van der Waals surface area contributed by atoms with E-state index in [0.717, 1.165) is 16.9 Å². The predicted octanol–water partition coefficient (Wildman–Crippen LogP) is 5.81. The second-order valence-corrected chi connectivity index (χ2v) is 6.66. The lowest BCUT2D eigenvalue weighted by Gasteiger charge is -2.26. The quantitative estimate of drug-likeness (QED) is 0.601. The van der Waals surface area contributed by atoms with Crippen LogP contribution in [0.15, 0.2) is 78.9 Å². The third-order valence-corrected chi connectivity index (χ3v) is 4.82. The van der Waals surface area contributed by atoms with Gasteiger partial charge in [0.15, 0.2) is 0 Å². The van der Waals surface area contributed by atoms with Crippen LogP contribution in [0.25, 0.3) is 0 Å². The first-order valence-corrected chi connectivity index (χ1v) is 8.91. The number of hydrogen-bond donors (Lipinski definition) is 1. The van der Waals surface area contributed by atoms with Gasteiger partial charge in [-0.25, -0.2) is 0 Å². The fraction of sp³-hybridized carbons (Fsp3) is 0.0952. The number of carbonyl (C=O) groups is 1. The Hall–Kier alpha value is -2.49. The molecule has 1 unspecified atom stereocenters. The Morgan fingerprint density at radius 1 is 0.885 bits per heavy atom. The van der Waals surface area contributed by atoms with Crippen molar-refractivity contribution in [2.45, 2.75) is 6.04 Å². The van der Waals surface area contributed by atoms with E-state index >= 15 is 0 Å². The number of rotatable bonds is 5. The van der Waals surface area contributed by atoms with Gasteiger partial charge in [-0.05, 0) is 35.9 Å². The molecule has 0 fully saturated rings. The number of hydrogen-bond acceptors (Lipinski definition) is 2. The van der Waals surface area contributed by atoms with Gasteiger partial charge in [0.25, 0.3) is 5.91 Å². The molecule has 132 valence electrons. The molecule has 26 heavy (non-hydrogen) atoms. The molecule has 0 aliphatic rings. The van der Waals surface area contributed by atoms with Gasteiger partial charge in [-0.3, -0.25) is 4.79 Å². The topological polar surface area (TPSA) is 32.3 Å². The van der Waals surface area contributed by atoms with E-state index in [1.807, 2.05) is 60.7 Å². The molecule has 1 N–H and O–H groups in total. The molecule has 0 heterocycles. The zero-order valence-electron chi connectivity index (χ0n) is 14.2. The second kappa shape index (κ2) is 8.26. The number of amides is 1. The lowest BCUT2D eigenvalue weighted by Crippen LogP contribution is -2.35. The lowest BCUT2D eigenvalue weighted by molar-refractivity contribution is -0.119. The molecule has 0 aromatic heterocycles. The molecule has 0 aliphatic heterocycles. The first-order valence-electron chi connectivity index (χ1n) is 8.15. The van der Waals surface area contributed by atoms with E-state index in [9.17, 15) is 4.79 Å². The van der Waals surface area contributed by atoms with Crippen LogP contribution in [0, 0.1) is 0 Å². The maximum atomic E-state index is 13.2. The zero-order chi connectivity index (χ0) is 18.5. The van der Waals surface area contributed by atoms with Gasteiger partial charge < -0.3 is 10.2 Å². The molecule has 3 rings (SSSR count). The summed E-state index contributed by atoms with van der Waals surface area (Å²) in [5, 5.41) is 4.19. The van der Waals surface area contributed by atoms with Crippen molar-refractivity contribution in [3.8, 4) is 0 Å². The summed E-state index contributed by atoms with van der Waals surface area (Å²) in [7, 11) is 1.77. The van der Waals surface area contributed by atoms with Crippen LogP contribution in [0.5, 0.6) is 0 Å². The third-order valence-electron chi connectivity index (χ3n) is 4.08. The Labute approximate surface area is 163 Å². The predicted molar refractivity (Wildman–Crippen MR) is 109 cm³/mol. The van der Waals surface area contributed by atoms with E-state index in [1.54, 1.807) is 30.1 Å². The summed E-state index contributed by atoms with van der Waals surface area (Å²) in [5.74, 6) is -0.0755. The van der Waals surface area contributed by atoms with Crippen LogP contribution in [0.1, 0.15) is 11.6 Å². The van der Waals surface area contributed by atoms with Crippen LogP contribution in [-0.4, -0.2) is 13.0 Å². The smallest absolute Gasteiger partial charge is 0.253 e. The number of halogens is 2. The SMILES string of the molecule is CN(C(=O)C(Nc1ccc(Cl)c(Cl)c1)c1ccccc1)c1ccccc1. The van der Waals surface area contributed by atoms with E-state index < -0.39 is 6.04 Å². The van der Waals surface area contributed by atoms with Crippen molar-refractivity contribution in [1.29, 1.82) is 0 Å². The van der Waals surface area contributed by atoms with Crippen LogP contribution in [-0.2, 0) is 4.79 Å². The molecule has 1 amide bonds. The Balaban J connectivity index is 1.93. The molecule has 0 saturated heterocycles. The number of para-hydroxylation sites is 1. The normalized spacial score (nSPS) is 11.7. The highest BCUT2D eigenvalue weighted by atomic mass is 35.5. The molecule has 0 spiro atoms. The average molecular weight is 385 g/mol. The van der Waals surface area contributed by atoms with Crippen molar-refractivity contribution in [1.82, 2.24) is 0 Å². The summed E-state index contributed by atoms with van der Waals surface area (Å²) in [5.41, 5.74) is 2.42. The maximum Gasteiger partial charge on any atom is 0.253 e. The monoisotopic (exact) mass is 384 g/mol. The van der Waals surface area contributed by atoms with Gasteiger partial charge in [0.2, 0.25) is 0 Å². The van der Waals surface area contributed by atoms with Gasteiger partial charge >= 0.3 is 0 Å². The molecule has 0 aliphatic carbocycles. The highest BCUT2D eigenvalue weighted by Gasteiger charge is 2.24. The largest absolute Gasteiger partial charge is 0.370 e. The van der Waals surface area contributed by atoms with E-state index in [0.29, 0.717) is 10.0 Å².